The highest BCUT2D eigenvalue weighted by molar-refractivity contribution is 7.89. The molecule has 0 bridgehead atoms. The molecule has 0 saturated carbocycles. The summed E-state index contributed by atoms with van der Waals surface area (Å²) in [6.07, 6.45) is 2.13. The molecule has 0 spiro atoms. The van der Waals surface area contributed by atoms with Crippen LogP contribution in [0.4, 0.5) is 0 Å². The number of nitrogens with one attached hydrogen (secondary N) is 2. The number of aliphatic hydroxyl groups is 1. The van der Waals surface area contributed by atoms with E-state index < -0.39 is 28.3 Å². The zero-order valence-electron chi connectivity index (χ0n) is 14.3. The lowest BCUT2D eigenvalue weighted by atomic mass is 10.1. The van der Waals surface area contributed by atoms with E-state index in [-0.39, 0.29) is 23.8 Å². The van der Waals surface area contributed by atoms with Gasteiger partial charge in [-0.3, -0.25) is 4.79 Å². The van der Waals surface area contributed by atoms with Gasteiger partial charge in [0.1, 0.15) is 6.10 Å². The Bertz CT molecular complexity index is 715. The molecular weight excluding hydrogens is 344 g/mol. The quantitative estimate of drug-likeness (QED) is 0.608. The number of carbonyl (C=O) groups is 1. The van der Waals surface area contributed by atoms with Crippen LogP contribution in [-0.4, -0.2) is 50.8 Å². The van der Waals surface area contributed by atoms with Gasteiger partial charge in [-0.15, -0.1) is 0 Å². The van der Waals surface area contributed by atoms with Crippen molar-refractivity contribution in [2.24, 2.45) is 0 Å². The zero-order chi connectivity index (χ0) is 18.4. The van der Waals surface area contributed by atoms with Gasteiger partial charge in [0.25, 0.3) is 0 Å². The van der Waals surface area contributed by atoms with Crippen LogP contribution in [0.1, 0.15) is 18.9 Å². The lowest BCUT2D eigenvalue weighted by molar-refractivity contribution is -0.125. The molecular formula is C17H24N2O5S. The third-order valence-electron chi connectivity index (χ3n) is 3.85. The van der Waals surface area contributed by atoms with Crippen molar-refractivity contribution in [3.05, 3.63) is 42.0 Å². The highest BCUT2D eigenvalue weighted by Gasteiger charge is 2.31. The van der Waals surface area contributed by atoms with Crippen LogP contribution in [-0.2, 0) is 19.6 Å². The van der Waals surface area contributed by atoms with Crippen LogP contribution in [0.2, 0.25) is 0 Å². The first-order valence-electron chi connectivity index (χ1n) is 8.16. The summed E-state index contributed by atoms with van der Waals surface area (Å²) >= 11 is 0. The van der Waals surface area contributed by atoms with Crippen LogP contribution >= 0.6 is 0 Å². The first-order valence-corrected chi connectivity index (χ1v) is 9.64. The van der Waals surface area contributed by atoms with Gasteiger partial charge in [0, 0.05) is 6.54 Å². The molecule has 8 heteroatoms. The number of aliphatic hydroxyl groups excluding tert-OH is 1. The minimum atomic E-state index is -3.74. The molecule has 1 heterocycles. The van der Waals surface area contributed by atoms with Crippen molar-refractivity contribution in [2.75, 3.05) is 13.2 Å². The van der Waals surface area contributed by atoms with E-state index in [1.165, 1.54) is 12.1 Å². The first-order chi connectivity index (χ1) is 11.9. The molecule has 0 fully saturated rings. The maximum atomic E-state index is 12.5. The summed E-state index contributed by atoms with van der Waals surface area (Å²) in [5, 5.41) is 12.2. The fraction of sp³-hybridized carbons (Fsp3) is 0.471. The molecule has 25 heavy (non-hydrogen) atoms. The van der Waals surface area contributed by atoms with Crippen molar-refractivity contribution in [1.29, 1.82) is 0 Å². The molecule has 1 aromatic rings. The minimum absolute atomic E-state index is 0.123. The summed E-state index contributed by atoms with van der Waals surface area (Å²) < 4.78 is 33.1. The molecule has 1 aromatic carbocycles. The number of benzene rings is 1. The molecule has 3 N–H and O–H groups in total. The van der Waals surface area contributed by atoms with Gasteiger partial charge in [0.2, 0.25) is 15.9 Å². The molecule has 1 amide bonds. The molecule has 0 radical (unpaired) electrons. The summed E-state index contributed by atoms with van der Waals surface area (Å²) in [5.41, 5.74) is 0.960. The van der Waals surface area contributed by atoms with Crippen molar-refractivity contribution in [3.8, 4) is 0 Å². The SMILES string of the molecule is CCNC(=O)C[C@H]1C=C[C@H](NS(=O)(=O)c2ccc(C)cc2)[C@@H](CO)O1. The largest absolute Gasteiger partial charge is 0.394 e. The Labute approximate surface area is 148 Å². The number of amides is 1. The van der Waals surface area contributed by atoms with Crippen LogP contribution in [0.3, 0.4) is 0 Å². The molecule has 3 atom stereocenters. The van der Waals surface area contributed by atoms with E-state index >= 15 is 0 Å². The molecule has 0 unspecified atom stereocenters. The Hall–Kier alpha value is -1.74. The van der Waals surface area contributed by atoms with E-state index in [1.807, 2.05) is 13.8 Å². The second-order valence-corrected chi connectivity index (χ2v) is 7.61. The number of carbonyl (C=O) groups excluding carboxylic acids is 1. The van der Waals surface area contributed by atoms with Gasteiger partial charge in [-0.25, -0.2) is 13.1 Å². The first kappa shape index (κ1) is 19.6. The van der Waals surface area contributed by atoms with Crippen LogP contribution in [0, 0.1) is 6.92 Å². The Morgan fingerprint density at radius 3 is 2.52 bits per heavy atom. The monoisotopic (exact) mass is 368 g/mol. The lowest BCUT2D eigenvalue weighted by Crippen LogP contribution is -2.49. The Morgan fingerprint density at radius 1 is 1.24 bits per heavy atom. The lowest BCUT2D eigenvalue weighted by Gasteiger charge is -2.31. The number of aryl methyl sites for hydroxylation is 1. The van der Waals surface area contributed by atoms with E-state index in [2.05, 4.69) is 10.0 Å². The molecule has 2 rings (SSSR count). The van der Waals surface area contributed by atoms with E-state index in [0.29, 0.717) is 6.54 Å². The number of rotatable bonds is 7. The van der Waals surface area contributed by atoms with Crippen LogP contribution in [0.25, 0.3) is 0 Å². The zero-order valence-corrected chi connectivity index (χ0v) is 15.1. The standard InChI is InChI=1S/C17H24N2O5S/c1-3-18-17(21)10-13-6-9-15(16(11-20)24-13)19-25(22,23)14-7-4-12(2)5-8-14/h4-9,13,15-16,19-20H,3,10-11H2,1-2H3,(H,18,21)/t13-,15+,16-/m1/s1. The van der Waals surface area contributed by atoms with Gasteiger partial charge in [-0.1, -0.05) is 29.8 Å². The smallest absolute Gasteiger partial charge is 0.241 e. The van der Waals surface area contributed by atoms with Crippen LogP contribution < -0.4 is 10.0 Å². The van der Waals surface area contributed by atoms with Crippen molar-refractivity contribution < 1.29 is 23.1 Å². The van der Waals surface area contributed by atoms with E-state index in [1.54, 1.807) is 24.3 Å². The van der Waals surface area contributed by atoms with E-state index in [4.69, 9.17) is 4.74 Å². The topological polar surface area (TPSA) is 105 Å². The summed E-state index contributed by atoms with van der Waals surface area (Å²) in [6.45, 7) is 3.86. The molecule has 0 aromatic heterocycles. The van der Waals surface area contributed by atoms with Crippen molar-refractivity contribution in [1.82, 2.24) is 10.0 Å². The predicted octanol–water partition coefficient (Wildman–Crippen LogP) is 0.484. The fourth-order valence-electron chi connectivity index (χ4n) is 2.53. The summed E-state index contributed by atoms with van der Waals surface area (Å²) in [5.74, 6) is -0.160. The molecule has 0 saturated heterocycles. The van der Waals surface area contributed by atoms with Crippen molar-refractivity contribution in [2.45, 2.75) is 43.4 Å². The second kappa shape index (κ2) is 8.57. The fourth-order valence-corrected chi connectivity index (χ4v) is 3.75. The summed E-state index contributed by atoms with van der Waals surface area (Å²) in [4.78, 5) is 11.8. The number of sulfonamides is 1. The van der Waals surface area contributed by atoms with Gasteiger partial charge in [0.05, 0.1) is 30.1 Å². The number of ether oxygens (including phenoxy) is 1. The summed E-state index contributed by atoms with van der Waals surface area (Å²) in [7, 11) is -3.74. The Kier molecular flexibility index (Phi) is 6.71. The van der Waals surface area contributed by atoms with Gasteiger partial charge in [-0.05, 0) is 26.0 Å². The third-order valence-corrected chi connectivity index (χ3v) is 5.32. The van der Waals surface area contributed by atoms with Crippen LogP contribution in [0.15, 0.2) is 41.3 Å². The maximum absolute atomic E-state index is 12.5. The molecule has 1 aliphatic heterocycles. The van der Waals surface area contributed by atoms with Gasteiger partial charge in [0.15, 0.2) is 0 Å². The van der Waals surface area contributed by atoms with Gasteiger partial charge < -0.3 is 15.2 Å². The minimum Gasteiger partial charge on any atom is -0.394 e. The average Bonchev–Trinajstić information content (AvgIpc) is 2.56. The van der Waals surface area contributed by atoms with E-state index in [0.717, 1.165) is 5.56 Å². The highest BCUT2D eigenvalue weighted by Crippen LogP contribution is 2.18. The maximum Gasteiger partial charge on any atom is 0.241 e. The highest BCUT2D eigenvalue weighted by atomic mass is 32.2. The van der Waals surface area contributed by atoms with Crippen molar-refractivity contribution >= 4 is 15.9 Å². The average molecular weight is 368 g/mol. The Morgan fingerprint density at radius 2 is 1.92 bits per heavy atom. The Balaban J connectivity index is 2.08. The van der Waals surface area contributed by atoms with Crippen LogP contribution in [0.5, 0.6) is 0 Å². The normalized spacial score (nSPS) is 23.4. The number of hydrogen-bond acceptors (Lipinski definition) is 5. The van der Waals surface area contributed by atoms with Crippen molar-refractivity contribution in [3.63, 3.8) is 0 Å². The van der Waals surface area contributed by atoms with E-state index in [9.17, 15) is 18.3 Å². The predicted molar refractivity (Wildman–Crippen MR) is 93.5 cm³/mol. The second-order valence-electron chi connectivity index (χ2n) is 5.90. The molecule has 0 aliphatic carbocycles. The molecule has 7 nitrogen and oxygen atoms in total. The third kappa shape index (κ3) is 5.37. The van der Waals surface area contributed by atoms with Gasteiger partial charge >= 0.3 is 0 Å². The molecule has 1 aliphatic rings. The van der Waals surface area contributed by atoms with Gasteiger partial charge in [-0.2, -0.15) is 0 Å². The summed E-state index contributed by atoms with van der Waals surface area (Å²) in [6, 6.07) is 5.77. The number of hydrogen-bond donors (Lipinski definition) is 3. The molecule has 138 valence electrons.